The van der Waals surface area contributed by atoms with Gasteiger partial charge in [-0.25, -0.2) is 9.97 Å². The molecule has 2 rings (SSSR count). The molecule has 0 aliphatic carbocycles. The zero-order valence-corrected chi connectivity index (χ0v) is 11.6. The Bertz CT molecular complexity index is 663. The standard InChI is InChI=1S/C14H15N5O/c1-9-5-4-6-11(10(9)7-15)19-14-12(20-3)13(16-2)17-8-18-14/h4-6,8H,1-3H3,(H2,16,17,18,19). The first kappa shape index (κ1) is 13.6. The van der Waals surface area contributed by atoms with Crippen molar-refractivity contribution in [3.63, 3.8) is 0 Å². The monoisotopic (exact) mass is 269 g/mol. The fourth-order valence-electron chi connectivity index (χ4n) is 1.88. The highest BCUT2D eigenvalue weighted by atomic mass is 16.5. The summed E-state index contributed by atoms with van der Waals surface area (Å²) in [4.78, 5) is 8.24. The van der Waals surface area contributed by atoms with Crippen LogP contribution >= 0.6 is 0 Å². The molecular formula is C14H15N5O. The van der Waals surface area contributed by atoms with E-state index in [2.05, 4.69) is 26.7 Å². The smallest absolute Gasteiger partial charge is 0.204 e. The van der Waals surface area contributed by atoms with Gasteiger partial charge < -0.3 is 15.4 Å². The molecule has 0 unspecified atom stereocenters. The molecule has 6 heteroatoms. The Hall–Kier alpha value is -2.81. The summed E-state index contributed by atoms with van der Waals surface area (Å²) in [6, 6.07) is 7.78. The van der Waals surface area contributed by atoms with Gasteiger partial charge in [-0.3, -0.25) is 0 Å². The van der Waals surface area contributed by atoms with Crippen LogP contribution in [0.2, 0.25) is 0 Å². The van der Waals surface area contributed by atoms with Crippen LogP contribution in [0.25, 0.3) is 0 Å². The number of nitrogens with zero attached hydrogens (tertiary/aromatic N) is 3. The third-order valence-electron chi connectivity index (χ3n) is 2.88. The predicted octanol–water partition coefficient (Wildman–Crippen LogP) is 2.45. The van der Waals surface area contributed by atoms with Gasteiger partial charge in [0, 0.05) is 7.05 Å². The summed E-state index contributed by atoms with van der Waals surface area (Å²) in [5.41, 5.74) is 2.17. The van der Waals surface area contributed by atoms with E-state index in [0.29, 0.717) is 28.6 Å². The highest BCUT2D eigenvalue weighted by Gasteiger charge is 2.13. The molecule has 1 aromatic carbocycles. The predicted molar refractivity (Wildman–Crippen MR) is 77.3 cm³/mol. The van der Waals surface area contributed by atoms with Crippen LogP contribution in [-0.2, 0) is 0 Å². The lowest BCUT2D eigenvalue weighted by atomic mass is 10.1. The lowest BCUT2D eigenvalue weighted by Gasteiger charge is -2.14. The van der Waals surface area contributed by atoms with E-state index in [1.165, 1.54) is 6.33 Å². The zero-order chi connectivity index (χ0) is 14.5. The lowest BCUT2D eigenvalue weighted by Crippen LogP contribution is -2.04. The van der Waals surface area contributed by atoms with Gasteiger partial charge in [0.1, 0.15) is 12.4 Å². The van der Waals surface area contributed by atoms with Crippen molar-refractivity contribution in [3.8, 4) is 11.8 Å². The van der Waals surface area contributed by atoms with Gasteiger partial charge in [-0.05, 0) is 18.6 Å². The molecule has 0 saturated carbocycles. The van der Waals surface area contributed by atoms with Gasteiger partial charge >= 0.3 is 0 Å². The molecule has 0 spiro atoms. The summed E-state index contributed by atoms with van der Waals surface area (Å²) < 4.78 is 5.31. The second-order valence-corrected chi connectivity index (χ2v) is 4.09. The Morgan fingerprint density at radius 1 is 1.25 bits per heavy atom. The van der Waals surface area contributed by atoms with E-state index in [9.17, 15) is 5.26 Å². The number of anilines is 3. The highest BCUT2D eigenvalue weighted by molar-refractivity contribution is 5.73. The van der Waals surface area contributed by atoms with Crippen LogP contribution in [0.5, 0.6) is 5.75 Å². The maximum atomic E-state index is 9.24. The van der Waals surface area contributed by atoms with E-state index < -0.39 is 0 Å². The van der Waals surface area contributed by atoms with Crippen LogP contribution < -0.4 is 15.4 Å². The van der Waals surface area contributed by atoms with E-state index in [4.69, 9.17) is 4.74 Å². The number of methoxy groups -OCH3 is 1. The summed E-state index contributed by atoms with van der Waals surface area (Å²) in [5.74, 6) is 1.59. The molecule has 20 heavy (non-hydrogen) atoms. The van der Waals surface area contributed by atoms with Crippen molar-refractivity contribution in [1.29, 1.82) is 5.26 Å². The van der Waals surface area contributed by atoms with Gasteiger partial charge in [0.05, 0.1) is 18.4 Å². The van der Waals surface area contributed by atoms with Crippen LogP contribution in [0.3, 0.4) is 0 Å². The summed E-state index contributed by atoms with van der Waals surface area (Å²) in [5, 5.41) is 15.3. The van der Waals surface area contributed by atoms with Crippen molar-refractivity contribution in [2.75, 3.05) is 24.8 Å². The number of aryl methyl sites for hydroxylation is 1. The SMILES string of the molecule is CNc1ncnc(Nc2cccc(C)c2C#N)c1OC. The third-order valence-corrected chi connectivity index (χ3v) is 2.88. The molecule has 0 saturated heterocycles. The van der Waals surface area contributed by atoms with E-state index in [1.807, 2.05) is 25.1 Å². The average Bonchev–Trinajstić information content (AvgIpc) is 2.47. The van der Waals surface area contributed by atoms with E-state index >= 15 is 0 Å². The van der Waals surface area contributed by atoms with Crippen LogP contribution in [0, 0.1) is 18.3 Å². The highest BCUT2D eigenvalue weighted by Crippen LogP contribution is 2.32. The van der Waals surface area contributed by atoms with Crippen molar-refractivity contribution >= 4 is 17.3 Å². The molecule has 2 N–H and O–H groups in total. The summed E-state index contributed by atoms with van der Waals surface area (Å²) in [6.45, 7) is 1.89. The van der Waals surface area contributed by atoms with E-state index in [0.717, 1.165) is 5.56 Å². The molecular weight excluding hydrogens is 254 g/mol. The summed E-state index contributed by atoms with van der Waals surface area (Å²) in [7, 11) is 3.30. The first-order valence-corrected chi connectivity index (χ1v) is 6.04. The molecule has 0 atom stereocenters. The quantitative estimate of drug-likeness (QED) is 0.887. The molecule has 2 aromatic rings. The molecule has 1 heterocycles. The second-order valence-electron chi connectivity index (χ2n) is 4.09. The molecule has 102 valence electrons. The van der Waals surface area contributed by atoms with Crippen LogP contribution in [-0.4, -0.2) is 24.1 Å². The Balaban J connectivity index is 2.46. The van der Waals surface area contributed by atoms with Gasteiger partial charge in [-0.2, -0.15) is 5.26 Å². The molecule has 0 radical (unpaired) electrons. The molecule has 1 aromatic heterocycles. The Labute approximate surface area is 117 Å². The number of rotatable bonds is 4. The molecule has 6 nitrogen and oxygen atoms in total. The van der Waals surface area contributed by atoms with Crippen molar-refractivity contribution in [1.82, 2.24) is 9.97 Å². The Morgan fingerprint density at radius 3 is 2.65 bits per heavy atom. The zero-order valence-electron chi connectivity index (χ0n) is 11.6. The lowest BCUT2D eigenvalue weighted by molar-refractivity contribution is 0.415. The largest absolute Gasteiger partial charge is 0.490 e. The van der Waals surface area contributed by atoms with Crippen molar-refractivity contribution in [3.05, 3.63) is 35.7 Å². The van der Waals surface area contributed by atoms with Gasteiger partial charge in [-0.15, -0.1) is 0 Å². The first-order valence-electron chi connectivity index (χ1n) is 6.04. The molecule has 0 aliphatic heterocycles. The molecule has 0 fully saturated rings. The average molecular weight is 269 g/mol. The van der Waals surface area contributed by atoms with Crippen LogP contribution in [0.4, 0.5) is 17.3 Å². The Kier molecular flexibility index (Phi) is 4.01. The topological polar surface area (TPSA) is 82.9 Å². The molecule has 0 bridgehead atoms. The van der Waals surface area contributed by atoms with Crippen LogP contribution in [0.15, 0.2) is 24.5 Å². The molecule has 0 aliphatic rings. The fraction of sp³-hybridized carbons (Fsp3) is 0.214. The number of hydrogen-bond acceptors (Lipinski definition) is 6. The fourth-order valence-corrected chi connectivity index (χ4v) is 1.88. The number of nitrogens with one attached hydrogen (secondary N) is 2. The molecule has 0 amide bonds. The number of aromatic nitrogens is 2. The van der Waals surface area contributed by atoms with Gasteiger partial charge in [0.15, 0.2) is 11.6 Å². The van der Waals surface area contributed by atoms with Crippen LogP contribution in [0.1, 0.15) is 11.1 Å². The number of ether oxygens (including phenoxy) is 1. The minimum atomic E-state index is 0.500. The van der Waals surface area contributed by atoms with Gasteiger partial charge in [-0.1, -0.05) is 12.1 Å². The summed E-state index contributed by atoms with van der Waals surface area (Å²) in [6.07, 6.45) is 1.43. The Morgan fingerprint density at radius 2 is 2.00 bits per heavy atom. The second kappa shape index (κ2) is 5.89. The summed E-state index contributed by atoms with van der Waals surface area (Å²) >= 11 is 0. The van der Waals surface area contributed by atoms with Gasteiger partial charge in [0.25, 0.3) is 0 Å². The number of hydrogen-bond donors (Lipinski definition) is 2. The van der Waals surface area contributed by atoms with Gasteiger partial charge in [0.2, 0.25) is 5.75 Å². The minimum absolute atomic E-state index is 0.500. The maximum Gasteiger partial charge on any atom is 0.204 e. The van der Waals surface area contributed by atoms with Crippen molar-refractivity contribution in [2.45, 2.75) is 6.92 Å². The minimum Gasteiger partial charge on any atom is -0.490 e. The van der Waals surface area contributed by atoms with Crippen molar-refractivity contribution < 1.29 is 4.74 Å². The number of nitriles is 1. The maximum absolute atomic E-state index is 9.24. The normalized spacial score (nSPS) is 9.70. The third kappa shape index (κ3) is 2.47. The van der Waals surface area contributed by atoms with Crippen molar-refractivity contribution in [2.24, 2.45) is 0 Å². The van der Waals surface area contributed by atoms with E-state index in [1.54, 1.807) is 14.2 Å². The first-order chi connectivity index (χ1) is 9.71. The number of benzene rings is 1. The van der Waals surface area contributed by atoms with E-state index in [-0.39, 0.29) is 0 Å².